The van der Waals surface area contributed by atoms with Crippen molar-refractivity contribution >= 4 is 34.7 Å². The smallest absolute Gasteiger partial charge is 0.0343 e. The van der Waals surface area contributed by atoms with E-state index in [-0.39, 0.29) is 0 Å². The molecule has 0 saturated carbocycles. The first kappa shape index (κ1) is 8.44. The molecule has 0 aliphatic carbocycles. The minimum absolute atomic E-state index is 0.524. The highest BCUT2D eigenvalue weighted by Crippen LogP contribution is 2.25. The SMILES string of the molecule is C[C@H](CCl)Sc1ccsc1. The van der Waals surface area contributed by atoms with Crippen molar-refractivity contribution in [2.24, 2.45) is 0 Å². The molecule has 1 aromatic heterocycles. The number of thiophene rings is 1. The normalized spacial score (nSPS) is 13.4. The van der Waals surface area contributed by atoms with Crippen molar-refractivity contribution in [1.29, 1.82) is 0 Å². The number of thioether (sulfide) groups is 1. The zero-order chi connectivity index (χ0) is 7.40. The fourth-order valence-corrected chi connectivity index (χ4v) is 2.44. The van der Waals surface area contributed by atoms with E-state index in [1.165, 1.54) is 4.90 Å². The van der Waals surface area contributed by atoms with Crippen molar-refractivity contribution in [2.45, 2.75) is 17.1 Å². The number of alkyl halides is 1. The van der Waals surface area contributed by atoms with E-state index in [1.807, 2.05) is 11.8 Å². The van der Waals surface area contributed by atoms with Crippen LogP contribution in [0.5, 0.6) is 0 Å². The Kier molecular flexibility index (Phi) is 3.60. The van der Waals surface area contributed by atoms with Crippen LogP contribution in [-0.4, -0.2) is 11.1 Å². The van der Waals surface area contributed by atoms with Gasteiger partial charge in [-0.2, -0.15) is 11.3 Å². The number of hydrogen-bond donors (Lipinski definition) is 0. The lowest BCUT2D eigenvalue weighted by Crippen LogP contribution is -1.94. The van der Waals surface area contributed by atoms with E-state index in [2.05, 4.69) is 23.8 Å². The van der Waals surface area contributed by atoms with E-state index in [0.717, 1.165) is 5.88 Å². The van der Waals surface area contributed by atoms with Gasteiger partial charge in [0.25, 0.3) is 0 Å². The van der Waals surface area contributed by atoms with Crippen molar-refractivity contribution in [3.05, 3.63) is 16.8 Å². The first-order chi connectivity index (χ1) is 4.83. The van der Waals surface area contributed by atoms with Gasteiger partial charge in [0.2, 0.25) is 0 Å². The zero-order valence-electron chi connectivity index (χ0n) is 5.71. The van der Waals surface area contributed by atoms with Crippen LogP contribution in [-0.2, 0) is 0 Å². The topological polar surface area (TPSA) is 0 Å². The molecule has 1 rings (SSSR count). The summed E-state index contributed by atoms with van der Waals surface area (Å²) in [6.07, 6.45) is 0. The zero-order valence-corrected chi connectivity index (χ0v) is 8.10. The third-order valence-corrected chi connectivity index (χ3v) is 3.62. The quantitative estimate of drug-likeness (QED) is 0.522. The van der Waals surface area contributed by atoms with Crippen LogP contribution in [0.3, 0.4) is 0 Å². The molecule has 1 aromatic rings. The average molecular weight is 193 g/mol. The van der Waals surface area contributed by atoms with Crippen LogP contribution >= 0.6 is 34.7 Å². The van der Waals surface area contributed by atoms with Crippen LogP contribution in [0.1, 0.15) is 6.92 Å². The Hall–Kier alpha value is 0.340. The summed E-state index contributed by atoms with van der Waals surface area (Å²) in [5.41, 5.74) is 0. The number of rotatable bonds is 3. The van der Waals surface area contributed by atoms with E-state index in [0.29, 0.717) is 5.25 Å². The molecule has 0 bridgehead atoms. The van der Waals surface area contributed by atoms with Gasteiger partial charge >= 0.3 is 0 Å². The first-order valence-corrected chi connectivity index (χ1v) is 5.43. The fourth-order valence-electron chi connectivity index (χ4n) is 0.583. The highest BCUT2D eigenvalue weighted by atomic mass is 35.5. The number of hydrogen-bond acceptors (Lipinski definition) is 2. The van der Waals surface area contributed by atoms with Gasteiger partial charge in [0.1, 0.15) is 0 Å². The molecular formula is C7H9ClS2. The summed E-state index contributed by atoms with van der Waals surface area (Å²) in [6, 6.07) is 2.12. The highest BCUT2D eigenvalue weighted by Gasteiger charge is 2.01. The van der Waals surface area contributed by atoms with E-state index >= 15 is 0 Å². The Morgan fingerprint density at radius 3 is 3.10 bits per heavy atom. The molecule has 1 heterocycles. The molecule has 0 saturated heterocycles. The van der Waals surface area contributed by atoms with Gasteiger partial charge in [-0.1, -0.05) is 6.92 Å². The van der Waals surface area contributed by atoms with Crippen molar-refractivity contribution in [3.8, 4) is 0 Å². The van der Waals surface area contributed by atoms with Crippen molar-refractivity contribution < 1.29 is 0 Å². The molecular weight excluding hydrogens is 184 g/mol. The summed E-state index contributed by atoms with van der Waals surface area (Å²) < 4.78 is 0. The summed E-state index contributed by atoms with van der Waals surface area (Å²) in [7, 11) is 0. The average Bonchev–Trinajstić information content (AvgIpc) is 2.40. The number of halogens is 1. The molecule has 0 unspecified atom stereocenters. The standard InChI is InChI=1S/C7H9ClS2/c1-6(4-8)10-7-2-3-9-5-7/h2-3,5-6H,4H2,1H3/t6-/m1/s1. The summed E-state index contributed by atoms with van der Waals surface area (Å²) in [5.74, 6) is 0.723. The molecule has 0 fully saturated rings. The highest BCUT2D eigenvalue weighted by molar-refractivity contribution is 8.00. The Morgan fingerprint density at radius 2 is 2.60 bits per heavy atom. The fraction of sp³-hybridized carbons (Fsp3) is 0.429. The molecule has 0 radical (unpaired) electrons. The Morgan fingerprint density at radius 1 is 1.80 bits per heavy atom. The van der Waals surface area contributed by atoms with Gasteiger partial charge in [-0.25, -0.2) is 0 Å². The molecule has 0 aliphatic rings. The molecule has 0 nitrogen and oxygen atoms in total. The van der Waals surface area contributed by atoms with Gasteiger partial charge < -0.3 is 0 Å². The molecule has 0 aromatic carbocycles. The molecule has 0 amide bonds. The lowest BCUT2D eigenvalue weighted by Gasteiger charge is -2.02. The lowest BCUT2D eigenvalue weighted by molar-refractivity contribution is 1.12. The monoisotopic (exact) mass is 192 g/mol. The minimum atomic E-state index is 0.524. The van der Waals surface area contributed by atoms with Gasteiger partial charge in [0.15, 0.2) is 0 Å². The summed E-state index contributed by atoms with van der Waals surface area (Å²) >= 11 is 9.21. The first-order valence-electron chi connectivity index (χ1n) is 3.07. The predicted molar refractivity (Wildman–Crippen MR) is 50.4 cm³/mol. The maximum Gasteiger partial charge on any atom is 0.0343 e. The van der Waals surface area contributed by atoms with Gasteiger partial charge in [0, 0.05) is 21.4 Å². The second-order valence-corrected chi connectivity index (χ2v) is 4.64. The van der Waals surface area contributed by atoms with Crippen LogP contribution in [0.15, 0.2) is 21.7 Å². The van der Waals surface area contributed by atoms with E-state index in [4.69, 9.17) is 11.6 Å². The minimum Gasteiger partial charge on any atom is -0.151 e. The van der Waals surface area contributed by atoms with Crippen LogP contribution in [0, 0.1) is 0 Å². The van der Waals surface area contributed by atoms with Crippen LogP contribution in [0.2, 0.25) is 0 Å². The summed E-state index contributed by atoms with van der Waals surface area (Å²) in [5, 5.41) is 4.76. The maximum absolute atomic E-state index is 5.65. The molecule has 3 heteroatoms. The molecule has 1 atom stereocenters. The van der Waals surface area contributed by atoms with Gasteiger partial charge in [0.05, 0.1) is 0 Å². The molecule has 10 heavy (non-hydrogen) atoms. The maximum atomic E-state index is 5.65. The summed E-state index contributed by atoms with van der Waals surface area (Å²) in [6.45, 7) is 2.13. The molecule has 0 aliphatic heterocycles. The van der Waals surface area contributed by atoms with Crippen LogP contribution in [0.4, 0.5) is 0 Å². The predicted octanol–water partition coefficient (Wildman–Crippen LogP) is 3.47. The second kappa shape index (κ2) is 4.27. The van der Waals surface area contributed by atoms with Gasteiger partial charge in [-0.05, 0) is 11.4 Å². The van der Waals surface area contributed by atoms with Crippen LogP contribution < -0.4 is 0 Å². The van der Waals surface area contributed by atoms with Crippen molar-refractivity contribution in [2.75, 3.05) is 5.88 Å². The Labute approximate surface area is 74.6 Å². The van der Waals surface area contributed by atoms with E-state index in [1.54, 1.807) is 11.3 Å². The van der Waals surface area contributed by atoms with E-state index < -0.39 is 0 Å². The largest absolute Gasteiger partial charge is 0.151 e. The molecule has 0 spiro atoms. The lowest BCUT2D eigenvalue weighted by atomic mass is 10.6. The van der Waals surface area contributed by atoms with Crippen LogP contribution in [0.25, 0.3) is 0 Å². The van der Waals surface area contributed by atoms with Gasteiger partial charge in [-0.15, -0.1) is 23.4 Å². The molecule has 0 N–H and O–H groups in total. The Bertz CT molecular complexity index is 172. The second-order valence-electron chi connectivity index (χ2n) is 2.04. The Balaban J connectivity index is 2.40. The third kappa shape index (κ3) is 2.52. The van der Waals surface area contributed by atoms with Gasteiger partial charge in [-0.3, -0.25) is 0 Å². The van der Waals surface area contributed by atoms with Crippen molar-refractivity contribution in [3.63, 3.8) is 0 Å². The third-order valence-electron chi connectivity index (χ3n) is 1.05. The van der Waals surface area contributed by atoms with E-state index in [9.17, 15) is 0 Å². The van der Waals surface area contributed by atoms with Crippen molar-refractivity contribution in [1.82, 2.24) is 0 Å². The summed E-state index contributed by atoms with van der Waals surface area (Å²) in [4.78, 5) is 1.33. The molecule has 56 valence electrons.